The maximum Gasteiger partial charge on any atom is 0.224 e. The molecule has 0 aliphatic carbocycles. The van der Waals surface area contributed by atoms with Gasteiger partial charge in [0.15, 0.2) is 0 Å². The SMILES string of the molecule is N#CCc1ccccc1CC(=O)NCC(O)c1ccc(Cl)s1. The van der Waals surface area contributed by atoms with E-state index >= 15 is 0 Å². The molecule has 4 nitrogen and oxygen atoms in total. The van der Waals surface area contributed by atoms with Crippen LogP contribution in [0.3, 0.4) is 0 Å². The van der Waals surface area contributed by atoms with Gasteiger partial charge in [0, 0.05) is 11.4 Å². The summed E-state index contributed by atoms with van der Waals surface area (Å²) in [6, 6.07) is 12.9. The Balaban J connectivity index is 1.89. The number of carbonyl (C=O) groups is 1. The number of benzene rings is 1. The van der Waals surface area contributed by atoms with E-state index in [2.05, 4.69) is 11.4 Å². The molecule has 0 saturated carbocycles. The highest BCUT2D eigenvalue weighted by Gasteiger charge is 2.13. The molecule has 1 aromatic heterocycles. The molecule has 1 unspecified atom stereocenters. The summed E-state index contributed by atoms with van der Waals surface area (Å²) in [5.41, 5.74) is 1.68. The minimum absolute atomic E-state index is 0.135. The van der Waals surface area contributed by atoms with Gasteiger partial charge in [0.25, 0.3) is 0 Å². The first kappa shape index (κ1) is 16.5. The Labute approximate surface area is 138 Å². The van der Waals surface area contributed by atoms with Gasteiger partial charge >= 0.3 is 0 Å². The second-order valence-corrected chi connectivity index (χ2v) is 6.49. The Hall–Kier alpha value is -1.87. The lowest BCUT2D eigenvalue weighted by molar-refractivity contribution is -0.120. The highest BCUT2D eigenvalue weighted by molar-refractivity contribution is 7.16. The zero-order valence-electron chi connectivity index (χ0n) is 11.8. The van der Waals surface area contributed by atoms with Crippen LogP contribution < -0.4 is 5.32 Å². The van der Waals surface area contributed by atoms with E-state index in [-0.39, 0.29) is 25.3 Å². The number of halogens is 1. The monoisotopic (exact) mass is 334 g/mol. The number of amides is 1. The number of hydrogen-bond acceptors (Lipinski definition) is 4. The van der Waals surface area contributed by atoms with Crippen LogP contribution in [0.4, 0.5) is 0 Å². The first-order chi connectivity index (χ1) is 10.6. The molecule has 22 heavy (non-hydrogen) atoms. The van der Waals surface area contributed by atoms with Crippen molar-refractivity contribution in [3.8, 4) is 6.07 Å². The Morgan fingerprint density at radius 3 is 2.68 bits per heavy atom. The first-order valence-corrected chi connectivity index (χ1v) is 7.93. The number of hydrogen-bond donors (Lipinski definition) is 2. The summed E-state index contributed by atoms with van der Waals surface area (Å²) in [4.78, 5) is 12.7. The summed E-state index contributed by atoms with van der Waals surface area (Å²) in [6.45, 7) is 0.135. The minimum atomic E-state index is -0.768. The molecule has 0 radical (unpaired) electrons. The molecule has 2 N–H and O–H groups in total. The molecule has 114 valence electrons. The summed E-state index contributed by atoms with van der Waals surface area (Å²) in [6.07, 6.45) is -0.300. The first-order valence-electron chi connectivity index (χ1n) is 6.74. The normalized spacial score (nSPS) is 11.7. The van der Waals surface area contributed by atoms with E-state index in [1.54, 1.807) is 12.1 Å². The number of nitriles is 1. The predicted octanol–water partition coefficient (Wildman–Crippen LogP) is 2.86. The van der Waals surface area contributed by atoms with Gasteiger partial charge in [-0.1, -0.05) is 35.9 Å². The van der Waals surface area contributed by atoms with Crippen LogP contribution in [0.5, 0.6) is 0 Å². The third kappa shape index (κ3) is 4.57. The number of thiophene rings is 1. The number of nitrogens with one attached hydrogen (secondary N) is 1. The van der Waals surface area contributed by atoms with E-state index in [9.17, 15) is 9.90 Å². The van der Waals surface area contributed by atoms with Gasteiger partial charge in [-0.25, -0.2) is 0 Å². The van der Waals surface area contributed by atoms with Crippen LogP contribution in [-0.4, -0.2) is 17.6 Å². The van der Waals surface area contributed by atoms with Crippen molar-refractivity contribution < 1.29 is 9.90 Å². The molecule has 1 atom stereocenters. The van der Waals surface area contributed by atoms with Crippen molar-refractivity contribution in [3.63, 3.8) is 0 Å². The summed E-state index contributed by atoms with van der Waals surface area (Å²) < 4.78 is 0.603. The lowest BCUT2D eigenvalue weighted by Crippen LogP contribution is -2.29. The van der Waals surface area contributed by atoms with Gasteiger partial charge in [-0.3, -0.25) is 4.79 Å². The van der Waals surface area contributed by atoms with Crippen LogP contribution in [0, 0.1) is 11.3 Å². The molecule has 1 amide bonds. The van der Waals surface area contributed by atoms with Crippen molar-refractivity contribution in [3.05, 3.63) is 56.7 Å². The van der Waals surface area contributed by atoms with Gasteiger partial charge in [0.05, 0.1) is 23.2 Å². The van der Waals surface area contributed by atoms with Crippen LogP contribution in [0.25, 0.3) is 0 Å². The fourth-order valence-corrected chi connectivity index (χ4v) is 3.09. The number of aliphatic hydroxyl groups excluding tert-OH is 1. The van der Waals surface area contributed by atoms with Gasteiger partial charge < -0.3 is 10.4 Å². The molecule has 1 aromatic carbocycles. The van der Waals surface area contributed by atoms with Gasteiger partial charge in [0.1, 0.15) is 6.10 Å². The fourth-order valence-electron chi connectivity index (χ4n) is 2.04. The molecule has 0 spiro atoms. The van der Waals surface area contributed by atoms with Crippen LogP contribution in [-0.2, 0) is 17.6 Å². The van der Waals surface area contributed by atoms with E-state index in [1.807, 2.05) is 24.3 Å². The van der Waals surface area contributed by atoms with Gasteiger partial charge in [-0.15, -0.1) is 11.3 Å². The molecular formula is C16H15ClN2O2S. The Kier molecular flexibility index (Phi) is 5.96. The van der Waals surface area contributed by atoms with E-state index in [4.69, 9.17) is 16.9 Å². The van der Waals surface area contributed by atoms with Crippen LogP contribution >= 0.6 is 22.9 Å². The molecule has 1 heterocycles. The van der Waals surface area contributed by atoms with Crippen molar-refractivity contribution in [2.75, 3.05) is 6.54 Å². The largest absolute Gasteiger partial charge is 0.386 e. The molecule has 0 bridgehead atoms. The maximum absolute atomic E-state index is 12.0. The van der Waals surface area contributed by atoms with Crippen LogP contribution in [0.2, 0.25) is 4.34 Å². The zero-order chi connectivity index (χ0) is 15.9. The molecule has 0 fully saturated rings. The Bertz CT molecular complexity index is 693. The molecular weight excluding hydrogens is 320 g/mol. The smallest absolute Gasteiger partial charge is 0.224 e. The quantitative estimate of drug-likeness (QED) is 0.853. The average Bonchev–Trinajstić information content (AvgIpc) is 2.94. The standard InChI is InChI=1S/C16H15ClN2O2S/c17-15-6-5-14(22-15)13(20)10-19-16(21)9-12-4-2-1-3-11(12)7-8-18/h1-6,13,20H,7,9-10H2,(H,19,21). The molecule has 0 saturated heterocycles. The summed E-state index contributed by atoms with van der Waals surface area (Å²) in [5, 5.41) is 21.5. The minimum Gasteiger partial charge on any atom is -0.386 e. The second kappa shape index (κ2) is 7.95. The third-order valence-electron chi connectivity index (χ3n) is 3.15. The summed E-state index contributed by atoms with van der Waals surface area (Å²) >= 11 is 7.10. The Morgan fingerprint density at radius 2 is 2.05 bits per heavy atom. The van der Waals surface area contributed by atoms with Crippen molar-refractivity contribution in [2.45, 2.75) is 18.9 Å². The average molecular weight is 335 g/mol. The van der Waals surface area contributed by atoms with E-state index in [0.29, 0.717) is 4.34 Å². The maximum atomic E-state index is 12.0. The van der Waals surface area contributed by atoms with Gasteiger partial charge in [-0.2, -0.15) is 5.26 Å². The lowest BCUT2D eigenvalue weighted by atomic mass is 10.0. The van der Waals surface area contributed by atoms with E-state index in [1.165, 1.54) is 11.3 Å². The highest BCUT2D eigenvalue weighted by atomic mass is 35.5. The topological polar surface area (TPSA) is 73.1 Å². The molecule has 6 heteroatoms. The predicted molar refractivity (Wildman–Crippen MR) is 86.8 cm³/mol. The molecule has 2 rings (SSSR count). The zero-order valence-corrected chi connectivity index (χ0v) is 13.3. The number of rotatable bonds is 6. The molecule has 0 aliphatic heterocycles. The number of aliphatic hydroxyl groups is 1. The lowest BCUT2D eigenvalue weighted by Gasteiger charge is -2.11. The van der Waals surface area contributed by atoms with Crippen molar-refractivity contribution in [1.29, 1.82) is 5.26 Å². The van der Waals surface area contributed by atoms with Crippen LogP contribution in [0.1, 0.15) is 22.1 Å². The van der Waals surface area contributed by atoms with Crippen LogP contribution in [0.15, 0.2) is 36.4 Å². The number of carbonyl (C=O) groups excluding carboxylic acids is 1. The summed E-state index contributed by atoms with van der Waals surface area (Å²) in [5.74, 6) is -0.188. The van der Waals surface area contributed by atoms with Gasteiger partial charge in [-0.05, 0) is 23.3 Å². The van der Waals surface area contributed by atoms with Crippen molar-refractivity contribution >= 4 is 28.8 Å². The van der Waals surface area contributed by atoms with E-state index in [0.717, 1.165) is 16.0 Å². The molecule has 0 aliphatic rings. The third-order valence-corrected chi connectivity index (χ3v) is 4.49. The summed E-state index contributed by atoms with van der Waals surface area (Å²) in [7, 11) is 0. The molecule has 2 aromatic rings. The second-order valence-electron chi connectivity index (χ2n) is 4.74. The fraction of sp³-hybridized carbons (Fsp3) is 0.250. The van der Waals surface area contributed by atoms with E-state index < -0.39 is 6.10 Å². The highest BCUT2D eigenvalue weighted by Crippen LogP contribution is 2.26. The Morgan fingerprint density at radius 1 is 1.32 bits per heavy atom. The van der Waals surface area contributed by atoms with Crippen molar-refractivity contribution in [2.24, 2.45) is 0 Å². The van der Waals surface area contributed by atoms with Gasteiger partial charge in [0.2, 0.25) is 5.91 Å². The number of nitrogens with zero attached hydrogens (tertiary/aromatic N) is 1. The van der Waals surface area contributed by atoms with Crippen molar-refractivity contribution in [1.82, 2.24) is 5.32 Å².